The normalized spacial score (nSPS) is 43.7. The van der Waals surface area contributed by atoms with Crippen LogP contribution < -0.4 is 0 Å². The van der Waals surface area contributed by atoms with Crippen LogP contribution in [0.2, 0.25) is 0 Å². The zero-order valence-corrected chi connectivity index (χ0v) is 38.1. The third-order valence-electron chi connectivity index (χ3n) is 18.3. The number of carbonyl (C=O) groups is 2. The van der Waals surface area contributed by atoms with E-state index in [1.807, 2.05) is 7.11 Å². The number of rotatable bonds is 13. The molecule has 8 aliphatic carbocycles. The van der Waals surface area contributed by atoms with Gasteiger partial charge in [-0.2, -0.15) is 11.8 Å². The van der Waals surface area contributed by atoms with Crippen molar-refractivity contribution in [2.75, 3.05) is 7.11 Å². The van der Waals surface area contributed by atoms with Gasteiger partial charge in [0.25, 0.3) is 0 Å². The van der Waals surface area contributed by atoms with Gasteiger partial charge in [-0.3, -0.25) is 9.59 Å². The second-order valence-corrected chi connectivity index (χ2v) is 23.5. The van der Waals surface area contributed by atoms with Gasteiger partial charge < -0.3 is 14.2 Å². The summed E-state index contributed by atoms with van der Waals surface area (Å²) in [6.07, 6.45) is 41.1. The molecule has 0 heterocycles. The molecule has 8 rings (SSSR count). The Bertz CT molecular complexity index is 1230. The Balaban J connectivity index is 0.834. The number of Topliss-reactive ketones (excluding diaryl/α,β-unsaturated/α-hetero) is 2. The molecule has 5 nitrogen and oxygen atoms in total. The van der Waals surface area contributed by atoms with Gasteiger partial charge in [-0.15, -0.1) is 0 Å². The van der Waals surface area contributed by atoms with Crippen molar-refractivity contribution in [3.63, 3.8) is 0 Å². The fourth-order valence-electron chi connectivity index (χ4n) is 14.5. The molecule has 3 unspecified atom stereocenters. The molecule has 330 valence electrons. The van der Waals surface area contributed by atoms with Crippen molar-refractivity contribution in [2.24, 2.45) is 53.3 Å². The number of hydrogen-bond acceptors (Lipinski definition) is 6. The van der Waals surface area contributed by atoms with Crippen LogP contribution in [0, 0.1) is 53.3 Å². The Hall–Kier alpha value is -0.430. The van der Waals surface area contributed by atoms with Gasteiger partial charge in [-0.05, 0) is 216 Å². The fraction of sp³-hybridized carbons (Fsp3) is 0.962. The standard InChI is InChI=1S/C52H86O5S/c1-35-8-29-47(30-9-35)58-48-31-18-36(19-32-48)41-20-33-49(37-10-12-38(13-11-37)51(53)39-14-21-42(55-2)22-15-39)50(34-41)52(54)40-16-23-44(24-17-40)57-46-27-25-45(26-28-46)56-43-6-4-3-5-7-43/h35-50H,3-34H2,1-2H3. The molecule has 0 amide bonds. The van der Waals surface area contributed by atoms with Crippen molar-refractivity contribution in [3.8, 4) is 0 Å². The number of hydrogen-bond donors (Lipinski definition) is 0. The molecule has 0 bridgehead atoms. The van der Waals surface area contributed by atoms with Crippen LogP contribution in [0.4, 0.5) is 0 Å². The summed E-state index contributed by atoms with van der Waals surface area (Å²) >= 11 is 2.37. The molecule has 0 aromatic rings. The van der Waals surface area contributed by atoms with Crippen molar-refractivity contribution in [3.05, 3.63) is 0 Å². The van der Waals surface area contributed by atoms with E-state index in [1.54, 1.807) is 0 Å². The van der Waals surface area contributed by atoms with E-state index in [1.165, 1.54) is 109 Å². The molecule has 0 aromatic heterocycles. The summed E-state index contributed by atoms with van der Waals surface area (Å²) < 4.78 is 18.9. The van der Waals surface area contributed by atoms with Crippen molar-refractivity contribution in [1.82, 2.24) is 0 Å². The van der Waals surface area contributed by atoms with Gasteiger partial charge in [0.15, 0.2) is 0 Å². The summed E-state index contributed by atoms with van der Waals surface area (Å²) in [4.78, 5) is 28.6. The lowest BCUT2D eigenvalue weighted by molar-refractivity contribution is -0.136. The molecule has 8 fully saturated rings. The Morgan fingerprint density at radius 3 is 1.40 bits per heavy atom. The lowest BCUT2D eigenvalue weighted by atomic mass is 9.58. The van der Waals surface area contributed by atoms with Gasteiger partial charge in [-0.1, -0.05) is 26.2 Å². The van der Waals surface area contributed by atoms with Gasteiger partial charge in [0.05, 0.1) is 30.5 Å². The molecule has 0 N–H and O–H groups in total. The molecule has 0 aromatic carbocycles. The van der Waals surface area contributed by atoms with Gasteiger partial charge in [0.1, 0.15) is 11.6 Å². The SMILES string of the molecule is COC1CCC(C(=O)C2CCC(C3CCC(C4CCC(SC5CCC(C)CC5)CC4)CC3C(=O)C3CCC(OC4CCC(OC5CCCCC5)CC4)CC3)CC2)CC1. The van der Waals surface area contributed by atoms with E-state index >= 15 is 0 Å². The smallest absolute Gasteiger partial charge is 0.139 e. The first-order chi connectivity index (χ1) is 28.4. The van der Waals surface area contributed by atoms with Gasteiger partial charge in [-0.25, -0.2) is 0 Å². The van der Waals surface area contributed by atoms with Gasteiger partial charge in [0, 0.05) is 41.3 Å². The van der Waals surface area contributed by atoms with E-state index < -0.39 is 0 Å². The molecule has 58 heavy (non-hydrogen) atoms. The predicted molar refractivity (Wildman–Crippen MR) is 238 cm³/mol. The number of ketones is 2. The Kier molecular flexibility index (Phi) is 16.6. The van der Waals surface area contributed by atoms with Crippen LogP contribution >= 0.6 is 11.8 Å². The minimum atomic E-state index is 0.233. The third kappa shape index (κ3) is 11.8. The van der Waals surface area contributed by atoms with Crippen LogP contribution in [-0.4, -0.2) is 59.7 Å². The Labute approximate surface area is 359 Å². The second kappa shape index (κ2) is 21.8. The van der Waals surface area contributed by atoms with Gasteiger partial charge in [0.2, 0.25) is 0 Å². The second-order valence-electron chi connectivity index (χ2n) is 21.9. The first-order valence-corrected chi connectivity index (χ1v) is 26.9. The van der Waals surface area contributed by atoms with Gasteiger partial charge >= 0.3 is 0 Å². The zero-order valence-electron chi connectivity index (χ0n) is 37.3. The zero-order chi connectivity index (χ0) is 39.8. The number of ether oxygens (including phenoxy) is 3. The van der Waals surface area contributed by atoms with E-state index in [9.17, 15) is 9.59 Å². The molecule has 8 aliphatic rings. The minimum Gasteiger partial charge on any atom is -0.381 e. The Morgan fingerprint density at radius 2 is 0.845 bits per heavy atom. The maximum atomic E-state index is 14.9. The molecule has 6 heteroatoms. The first-order valence-electron chi connectivity index (χ1n) is 25.9. The maximum absolute atomic E-state index is 14.9. The van der Waals surface area contributed by atoms with Crippen molar-refractivity contribution < 1.29 is 23.8 Å². The highest BCUT2D eigenvalue weighted by Gasteiger charge is 2.46. The minimum absolute atomic E-state index is 0.233. The molecule has 0 aliphatic heterocycles. The summed E-state index contributed by atoms with van der Waals surface area (Å²) in [5.41, 5.74) is 0. The molecular formula is C52H86O5S. The monoisotopic (exact) mass is 823 g/mol. The highest BCUT2D eigenvalue weighted by atomic mass is 32.2. The van der Waals surface area contributed by atoms with Crippen LogP contribution in [0.25, 0.3) is 0 Å². The molecule has 3 atom stereocenters. The molecule has 0 saturated heterocycles. The number of carbonyl (C=O) groups excluding carboxylic acids is 2. The van der Waals surface area contributed by atoms with E-state index in [4.69, 9.17) is 14.2 Å². The summed E-state index contributed by atoms with van der Waals surface area (Å²) in [5, 5.41) is 1.78. The lowest BCUT2D eigenvalue weighted by Crippen LogP contribution is -2.43. The maximum Gasteiger partial charge on any atom is 0.139 e. The lowest BCUT2D eigenvalue weighted by Gasteiger charge is -2.46. The van der Waals surface area contributed by atoms with Crippen LogP contribution in [0.5, 0.6) is 0 Å². The van der Waals surface area contributed by atoms with E-state index in [0.29, 0.717) is 53.9 Å². The predicted octanol–water partition coefficient (Wildman–Crippen LogP) is 13.3. The van der Waals surface area contributed by atoms with E-state index in [2.05, 4.69) is 18.7 Å². The fourth-order valence-corrected chi connectivity index (χ4v) is 16.1. The summed E-state index contributed by atoms with van der Waals surface area (Å²) in [5.74, 6) is 5.88. The van der Waals surface area contributed by atoms with Crippen LogP contribution in [0.1, 0.15) is 212 Å². The van der Waals surface area contributed by atoms with Crippen LogP contribution in [0.15, 0.2) is 0 Å². The Morgan fingerprint density at radius 1 is 0.414 bits per heavy atom. The van der Waals surface area contributed by atoms with Crippen molar-refractivity contribution in [2.45, 2.75) is 253 Å². The highest BCUT2D eigenvalue weighted by Crippen LogP contribution is 2.51. The van der Waals surface area contributed by atoms with E-state index in [-0.39, 0.29) is 23.7 Å². The summed E-state index contributed by atoms with van der Waals surface area (Å²) in [6.45, 7) is 2.44. The topological polar surface area (TPSA) is 61.8 Å². The van der Waals surface area contributed by atoms with Crippen LogP contribution in [-0.2, 0) is 23.8 Å². The molecular weight excluding hydrogens is 737 g/mol. The molecule has 8 saturated carbocycles. The average Bonchev–Trinajstić information content (AvgIpc) is 3.28. The average molecular weight is 823 g/mol. The quantitative estimate of drug-likeness (QED) is 0.184. The van der Waals surface area contributed by atoms with Crippen LogP contribution in [0.3, 0.4) is 0 Å². The number of methoxy groups -OCH3 is 1. The number of thioether (sulfide) groups is 1. The third-order valence-corrected chi connectivity index (χ3v) is 20.0. The van der Waals surface area contributed by atoms with Crippen molar-refractivity contribution in [1.29, 1.82) is 0 Å². The summed E-state index contributed by atoms with van der Waals surface area (Å²) in [7, 11) is 1.82. The highest BCUT2D eigenvalue weighted by molar-refractivity contribution is 8.00. The summed E-state index contributed by atoms with van der Waals surface area (Å²) in [6, 6.07) is 0. The first kappa shape index (κ1) is 44.2. The largest absolute Gasteiger partial charge is 0.381 e. The molecule has 0 spiro atoms. The van der Waals surface area contributed by atoms with E-state index in [0.717, 1.165) is 125 Å². The van der Waals surface area contributed by atoms with Crippen molar-refractivity contribution >= 4 is 23.3 Å². The molecule has 0 radical (unpaired) electrons.